The molecule has 12 heavy (non-hydrogen) atoms. The maximum atomic E-state index is 9.95. The topological polar surface area (TPSA) is 46.2 Å². The van der Waals surface area contributed by atoms with E-state index in [1.165, 1.54) is 0 Å². The first-order chi connectivity index (χ1) is 5.66. The standard InChI is InChI=1S/C8H15O3Si/c1-2-11-8(12)6-4-3-5-7(9)10/h3,5,8H,2,4,6H2,1,12H3. The molecule has 0 aliphatic heterocycles. The lowest BCUT2D eigenvalue weighted by molar-refractivity contribution is -0.137. The first-order valence-electron chi connectivity index (χ1n) is 4.16. The Balaban J connectivity index is 3.36. The second-order valence-corrected chi connectivity index (χ2v) is 3.85. The maximum absolute atomic E-state index is 9.95. The fourth-order valence-corrected chi connectivity index (χ4v) is 1.55. The van der Waals surface area contributed by atoms with E-state index in [-0.39, 0.29) is 0 Å². The van der Waals surface area contributed by atoms with E-state index in [9.17, 15) is 9.90 Å². The minimum atomic E-state index is -1.13. The zero-order valence-corrected chi connectivity index (χ0v) is 9.58. The predicted molar refractivity (Wildman–Crippen MR) is 49.4 cm³/mol. The lowest BCUT2D eigenvalue weighted by Gasteiger charge is -2.08. The summed E-state index contributed by atoms with van der Waals surface area (Å²) in [5.41, 5.74) is 0.335. The van der Waals surface area contributed by atoms with E-state index in [1.54, 1.807) is 6.08 Å². The maximum Gasteiger partial charge on any atom is 0.378 e. The zero-order valence-electron chi connectivity index (χ0n) is 7.58. The van der Waals surface area contributed by atoms with E-state index < -0.39 is 5.97 Å². The van der Waals surface area contributed by atoms with Gasteiger partial charge in [-0.3, -0.25) is 0 Å². The van der Waals surface area contributed by atoms with Crippen LogP contribution in [-0.4, -0.2) is 28.5 Å². The van der Waals surface area contributed by atoms with Gasteiger partial charge in [0.15, 0.2) is 0 Å². The van der Waals surface area contributed by atoms with Gasteiger partial charge in [0.2, 0.25) is 0 Å². The number of carbonyl (C=O) groups excluding carboxylic acids is 1. The number of hydrogen-bond donors (Lipinski definition) is 0. The van der Waals surface area contributed by atoms with Gasteiger partial charge in [0.1, 0.15) is 0 Å². The fraction of sp³-hybridized carbons (Fsp3) is 0.625. The van der Waals surface area contributed by atoms with Crippen LogP contribution in [0.2, 0.25) is 0 Å². The molecule has 0 amide bonds. The molecule has 1 radical (unpaired) electrons. The van der Waals surface area contributed by atoms with Crippen LogP contribution in [0.15, 0.2) is 12.2 Å². The molecule has 0 spiro atoms. The summed E-state index contributed by atoms with van der Waals surface area (Å²) in [5.74, 6) is -1.13. The van der Waals surface area contributed by atoms with Gasteiger partial charge in [0, 0.05) is 28.7 Å². The fourth-order valence-electron chi connectivity index (χ4n) is 0.878. The third-order valence-corrected chi connectivity index (χ3v) is 2.36. The summed E-state index contributed by atoms with van der Waals surface area (Å²) in [7, 11) is 0.993. The van der Waals surface area contributed by atoms with Gasteiger partial charge >= 0.3 is 5.97 Å². The lowest BCUT2D eigenvalue weighted by atomic mass is 10.3. The van der Waals surface area contributed by atoms with Gasteiger partial charge in [-0.1, -0.05) is 6.08 Å². The van der Waals surface area contributed by atoms with Crippen molar-refractivity contribution >= 4 is 16.2 Å². The van der Waals surface area contributed by atoms with Crippen molar-refractivity contribution in [2.45, 2.75) is 25.5 Å². The molecule has 0 saturated carbocycles. The normalized spacial score (nSPS) is 13.8. The van der Waals surface area contributed by atoms with Crippen LogP contribution >= 0.6 is 0 Å². The smallest absolute Gasteiger partial charge is 0.378 e. The molecular weight excluding hydrogens is 172 g/mol. The van der Waals surface area contributed by atoms with Crippen LogP contribution in [-0.2, 0) is 14.6 Å². The lowest BCUT2D eigenvalue weighted by Crippen LogP contribution is -2.11. The Morgan fingerprint density at radius 2 is 2.33 bits per heavy atom. The van der Waals surface area contributed by atoms with Gasteiger partial charge in [-0.15, -0.1) is 0 Å². The van der Waals surface area contributed by atoms with Crippen LogP contribution < -0.4 is 0 Å². The van der Waals surface area contributed by atoms with Crippen LogP contribution in [0.1, 0.15) is 19.8 Å². The molecule has 0 aromatic heterocycles. The number of rotatable bonds is 6. The van der Waals surface area contributed by atoms with Crippen LogP contribution in [0.3, 0.4) is 0 Å². The van der Waals surface area contributed by atoms with Gasteiger partial charge in [0.05, 0.1) is 0 Å². The van der Waals surface area contributed by atoms with E-state index in [0.29, 0.717) is 5.73 Å². The Labute approximate surface area is 75.8 Å². The van der Waals surface area contributed by atoms with E-state index in [4.69, 9.17) is 4.74 Å². The SMILES string of the molecule is CCOC([SiH3])CCC=CC([O])=O. The van der Waals surface area contributed by atoms with Crippen molar-refractivity contribution in [3.8, 4) is 0 Å². The van der Waals surface area contributed by atoms with E-state index in [2.05, 4.69) is 0 Å². The molecule has 0 fully saturated rings. The Morgan fingerprint density at radius 1 is 1.67 bits per heavy atom. The number of carbonyl (C=O) groups is 1. The minimum absolute atomic E-state index is 0.335. The molecule has 69 valence electrons. The average molecular weight is 187 g/mol. The van der Waals surface area contributed by atoms with Crippen molar-refractivity contribution < 1.29 is 14.6 Å². The van der Waals surface area contributed by atoms with E-state index in [1.807, 2.05) is 6.92 Å². The van der Waals surface area contributed by atoms with Crippen LogP contribution in [0.25, 0.3) is 0 Å². The quantitative estimate of drug-likeness (QED) is 0.434. The summed E-state index contributed by atoms with van der Waals surface area (Å²) in [5, 5.41) is 9.95. The molecule has 3 nitrogen and oxygen atoms in total. The average Bonchev–Trinajstić information content (AvgIpc) is 1.98. The van der Waals surface area contributed by atoms with E-state index >= 15 is 0 Å². The van der Waals surface area contributed by atoms with Gasteiger partial charge in [0.25, 0.3) is 0 Å². The summed E-state index contributed by atoms with van der Waals surface area (Å²) in [4.78, 5) is 9.95. The highest BCUT2D eigenvalue weighted by atomic mass is 28.1. The molecule has 0 rings (SSSR count). The molecule has 0 saturated heterocycles. The van der Waals surface area contributed by atoms with Crippen molar-refractivity contribution in [2.24, 2.45) is 0 Å². The first kappa shape index (κ1) is 11.4. The summed E-state index contributed by atoms with van der Waals surface area (Å²) < 4.78 is 5.31. The van der Waals surface area contributed by atoms with Crippen molar-refractivity contribution in [1.82, 2.24) is 0 Å². The molecule has 0 aromatic carbocycles. The second-order valence-electron chi connectivity index (χ2n) is 2.56. The van der Waals surface area contributed by atoms with Gasteiger partial charge in [-0.05, 0) is 19.8 Å². The molecule has 0 heterocycles. The van der Waals surface area contributed by atoms with Crippen molar-refractivity contribution in [2.75, 3.05) is 6.61 Å². The minimum Gasteiger partial charge on any atom is -0.383 e. The highest BCUT2D eigenvalue weighted by Gasteiger charge is 1.98. The number of allylic oxidation sites excluding steroid dienone is 1. The molecule has 1 atom stereocenters. The Kier molecular flexibility index (Phi) is 6.70. The van der Waals surface area contributed by atoms with Crippen LogP contribution in [0.5, 0.6) is 0 Å². The largest absolute Gasteiger partial charge is 0.383 e. The molecule has 4 heteroatoms. The molecular formula is C8H15O3Si. The summed E-state index contributed by atoms with van der Waals surface area (Å²) in [6.45, 7) is 2.69. The second kappa shape index (κ2) is 7.06. The predicted octanol–water partition coefficient (Wildman–Crippen LogP) is 0.00790. The molecule has 0 aliphatic carbocycles. The highest BCUT2D eigenvalue weighted by Crippen LogP contribution is 1.98. The summed E-state index contributed by atoms with van der Waals surface area (Å²) in [6, 6.07) is 0. The van der Waals surface area contributed by atoms with Gasteiger partial charge in [-0.2, -0.15) is 0 Å². The van der Waals surface area contributed by atoms with Gasteiger partial charge < -0.3 is 4.74 Å². The Morgan fingerprint density at radius 3 is 2.83 bits per heavy atom. The highest BCUT2D eigenvalue weighted by molar-refractivity contribution is 6.10. The van der Waals surface area contributed by atoms with Crippen molar-refractivity contribution in [1.29, 1.82) is 0 Å². The first-order valence-corrected chi connectivity index (χ1v) is 5.31. The number of ether oxygens (including phenoxy) is 1. The summed E-state index contributed by atoms with van der Waals surface area (Å²) >= 11 is 0. The van der Waals surface area contributed by atoms with E-state index in [0.717, 1.165) is 35.8 Å². The third kappa shape index (κ3) is 7.49. The molecule has 1 unspecified atom stereocenters. The van der Waals surface area contributed by atoms with Gasteiger partial charge in [-0.25, -0.2) is 9.90 Å². The van der Waals surface area contributed by atoms with Crippen molar-refractivity contribution in [3.63, 3.8) is 0 Å². The molecule has 0 aromatic rings. The monoisotopic (exact) mass is 187 g/mol. The Bertz CT molecular complexity index is 156. The zero-order chi connectivity index (χ0) is 9.40. The van der Waals surface area contributed by atoms with Crippen molar-refractivity contribution in [3.05, 3.63) is 12.2 Å². The van der Waals surface area contributed by atoms with Crippen LogP contribution in [0.4, 0.5) is 0 Å². The number of hydrogen-bond acceptors (Lipinski definition) is 2. The third-order valence-electron chi connectivity index (χ3n) is 1.44. The summed E-state index contributed by atoms with van der Waals surface area (Å²) in [6.07, 6.45) is 4.34. The Hall–Kier alpha value is -0.613. The molecule has 0 N–H and O–H groups in total. The molecule has 0 bridgehead atoms. The van der Waals surface area contributed by atoms with Crippen LogP contribution in [0, 0.1) is 0 Å². The molecule has 0 aliphatic rings.